The number of hydrogen-bond donors (Lipinski definition) is 1. The lowest BCUT2D eigenvalue weighted by molar-refractivity contribution is 1.22. The molecule has 0 saturated carbocycles. The van der Waals surface area contributed by atoms with E-state index < -0.39 is 0 Å². The van der Waals surface area contributed by atoms with E-state index in [4.69, 9.17) is 5.73 Å². The summed E-state index contributed by atoms with van der Waals surface area (Å²) in [4.78, 5) is 0. The van der Waals surface area contributed by atoms with E-state index in [9.17, 15) is 0 Å². The molecule has 0 heterocycles. The second-order valence-electron chi connectivity index (χ2n) is 2.41. The van der Waals surface area contributed by atoms with Crippen LogP contribution in [0, 0.1) is 0 Å². The highest BCUT2D eigenvalue weighted by atomic mass is 14.5. The van der Waals surface area contributed by atoms with E-state index in [1.54, 1.807) is 0 Å². The van der Waals surface area contributed by atoms with Crippen molar-refractivity contribution in [1.82, 2.24) is 0 Å². The van der Waals surface area contributed by atoms with Crippen LogP contribution in [0.15, 0.2) is 23.3 Å². The van der Waals surface area contributed by atoms with Crippen molar-refractivity contribution in [2.75, 3.05) is 6.54 Å². The van der Waals surface area contributed by atoms with Crippen molar-refractivity contribution in [3.8, 4) is 0 Å². The molecule has 0 fully saturated rings. The molecule has 9 heavy (non-hydrogen) atoms. The predicted molar refractivity (Wildman–Crippen MR) is 42.2 cm³/mol. The molecule has 0 aromatic carbocycles. The second-order valence-corrected chi connectivity index (χ2v) is 2.41. The first-order valence-electron chi connectivity index (χ1n) is 3.18. The van der Waals surface area contributed by atoms with Crippen molar-refractivity contribution in [3.63, 3.8) is 0 Å². The summed E-state index contributed by atoms with van der Waals surface area (Å²) in [6.45, 7) is 6.84. The van der Waals surface area contributed by atoms with Crippen LogP contribution >= 0.6 is 0 Å². The third-order valence-electron chi connectivity index (χ3n) is 0.956. The summed E-state index contributed by atoms with van der Waals surface area (Å²) in [6.07, 6.45) is 4.12. The molecule has 0 unspecified atom stereocenters. The van der Waals surface area contributed by atoms with Gasteiger partial charge in [0, 0.05) is 6.54 Å². The highest BCUT2D eigenvalue weighted by molar-refractivity contribution is 5.19. The van der Waals surface area contributed by atoms with Crippen molar-refractivity contribution < 1.29 is 0 Å². The number of hydrogen-bond acceptors (Lipinski definition) is 1. The van der Waals surface area contributed by atoms with E-state index >= 15 is 0 Å². The fourth-order valence-electron chi connectivity index (χ4n) is 0.700. The standard InChI is InChI=1S/C8H15N/c1-7(2)6-8(3)4-5-9/h4,6H,5,9H2,1-3H3/b8-4-. The van der Waals surface area contributed by atoms with Crippen LogP contribution in [0.4, 0.5) is 0 Å². The minimum Gasteiger partial charge on any atom is -0.327 e. The molecule has 0 aromatic rings. The van der Waals surface area contributed by atoms with Gasteiger partial charge in [-0.15, -0.1) is 0 Å². The Balaban J connectivity index is 3.90. The molecule has 0 saturated heterocycles. The molecule has 0 aliphatic heterocycles. The van der Waals surface area contributed by atoms with E-state index in [1.807, 2.05) is 6.08 Å². The zero-order chi connectivity index (χ0) is 7.28. The molecule has 0 aliphatic carbocycles. The summed E-state index contributed by atoms with van der Waals surface area (Å²) in [5, 5.41) is 0. The first kappa shape index (κ1) is 8.44. The molecule has 0 atom stereocenters. The largest absolute Gasteiger partial charge is 0.327 e. The average Bonchev–Trinajstić information content (AvgIpc) is 1.63. The summed E-state index contributed by atoms with van der Waals surface area (Å²) in [5.41, 5.74) is 7.86. The van der Waals surface area contributed by atoms with Gasteiger partial charge in [0.15, 0.2) is 0 Å². The topological polar surface area (TPSA) is 26.0 Å². The molecule has 0 rings (SSSR count). The average molecular weight is 125 g/mol. The van der Waals surface area contributed by atoms with Crippen molar-refractivity contribution in [2.45, 2.75) is 20.8 Å². The van der Waals surface area contributed by atoms with Gasteiger partial charge in [-0.05, 0) is 20.8 Å². The van der Waals surface area contributed by atoms with Gasteiger partial charge in [0.25, 0.3) is 0 Å². The Labute approximate surface area is 57.3 Å². The number of nitrogens with two attached hydrogens (primary N) is 1. The van der Waals surface area contributed by atoms with Crippen LogP contribution in [0.3, 0.4) is 0 Å². The third-order valence-corrected chi connectivity index (χ3v) is 0.956. The molecule has 0 radical (unpaired) electrons. The lowest BCUT2D eigenvalue weighted by atomic mass is 10.2. The van der Waals surface area contributed by atoms with Gasteiger partial charge in [0.1, 0.15) is 0 Å². The summed E-state index contributed by atoms with van der Waals surface area (Å²) < 4.78 is 0. The van der Waals surface area contributed by atoms with E-state index in [-0.39, 0.29) is 0 Å². The first-order chi connectivity index (χ1) is 4.16. The van der Waals surface area contributed by atoms with Crippen LogP contribution in [0.5, 0.6) is 0 Å². The van der Waals surface area contributed by atoms with Gasteiger partial charge >= 0.3 is 0 Å². The maximum absolute atomic E-state index is 5.30. The molecule has 1 heteroatoms. The fourth-order valence-corrected chi connectivity index (χ4v) is 0.700. The van der Waals surface area contributed by atoms with Crippen LogP contribution in [0.25, 0.3) is 0 Å². The molecule has 0 aromatic heterocycles. The van der Waals surface area contributed by atoms with Crippen LogP contribution in [0.2, 0.25) is 0 Å². The second kappa shape index (κ2) is 4.33. The molecular formula is C8H15N. The van der Waals surface area contributed by atoms with Crippen molar-refractivity contribution >= 4 is 0 Å². The molecule has 0 aliphatic rings. The SMILES string of the molecule is CC(C)=C/C(C)=C\CN. The summed E-state index contributed by atoms with van der Waals surface area (Å²) in [5.74, 6) is 0. The summed E-state index contributed by atoms with van der Waals surface area (Å²) >= 11 is 0. The van der Waals surface area contributed by atoms with Gasteiger partial charge in [0.2, 0.25) is 0 Å². The molecule has 0 amide bonds. The van der Waals surface area contributed by atoms with Crippen LogP contribution < -0.4 is 5.73 Å². The van der Waals surface area contributed by atoms with E-state index in [0.717, 1.165) is 0 Å². The number of allylic oxidation sites excluding steroid dienone is 3. The van der Waals surface area contributed by atoms with Gasteiger partial charge in [-0.3, -0.25) is 0 Å². The Morgan fingerprint density at radius 1 is 1.33 bits per heavy atom. The van der Waals surface area contributed by atoms with Crippen molar-refractivity contribution in [2.24, 2.45) is 5.73 Å². The summed E-state index contributed by atoms with van der Waals surface area (Å²) in [6, 6.07) is 0. The van der Waals surface area contributed by atoms with Crippen molar-refractivity contribution in [1.29, 1.82) is 0 Å². The van der Waals surface area contributed by atoms with Gasteiger partial charge < -0.3 is 5.73 Å². The van der Waals surface area contributed by atoms with Crippen LogP contribution in [-0.2, 0) is 0 Å². The molecule has 52 valence electrons. The Kier molecular flexibility index (Phi) is 4.06. The maximum Gasteiger partial charge on any atom is 0.0112 e. The first-order valence-corrected chi connectivity index (χ1v) is 3.18. The lowest BCUT2D eigenvalue weighted by Gasteiger charge is -1.90. The lowest BCUT2D eigenvalue weighted by Crippen LogP contribution is -1.93. The monoisotopic (exact) mass is 125 g/mol. The molecule has 1 nitrogen and oxygen atoms in total. The molecular weight excluding hydrogens is 110 g/mol. The van der Waals surface area contributed by atoms with E-state index in [2.05, 4.69) is 26.8 Å². The number of rotatable bonds is 2. The van der Waals surface area contributed by atoms with Gasteiger partial charge in [-0.25, -0.2) is 0 Å². The zero-order valence-electron chi connectivity index (χ0n) is 6.44. The van der Waals surface area contributed by atoms with Gasteiger partial charge in [-0.1, -0.05) is 23.3 Å². The molecule has 0 bridgehead atoms. The van der Waals surface area contributed by atoms with Crippen molar-refractivity contribution in [3.05, 3.63) is 23.3 Å². The van der Waals surface area contributed by atoms with Gasteiger partial charge in [0.05, 0.1) is 0 Å². The van der Waals surface area contributed by atoms with Gasteiger partial charge in [-0.2, -0.15) is 0 Å². The maximum atomic E-state index is 5.30. The fraction of sp³-hybridized carbons (Fsp3) is 0.500. The Hall–Kier alpha value is -0.560. The minimum absolute atomic E-state index is 0.635. The quantitative estimate of drug-likeness (QED) is 0.560. The zero-order valence-corrected chi connectivity index (χ0v) is 6.44. The van der Waals surface area contributed by atoms with E-state index in [1.165, 1.54) is 11.1 Å². The minimum atomic E-state index is 0.635. The predicted octanol–water partition coefficient (Wildman–Crippen LogP) is 1.86. The highest BCUT2D eigenvalue weighted by Gasteiger charge is 1.79. The summed E-state index contributed by atoms with van der Waals surface area (Å²) in [7, 11) is 0. The Morgan fingerprint density at radius 2 is 1.89 bits per heavy atom. The Bertz CT molecular complexity index is 128. The smallest absolute Gasteiger partial charge is 0.0112 e. The van der Waals surface area contributed by atoms with E-state index in [0.29, 0.717) is 6.54 Å². The molecule has 2 N–H and O–H groups in total. The normalized spacial score (nSPS) is 11.3. The highest BCUT2D eigenvalue weighted by Crippen LogP contribution is 1.98. The third kappa shape index (κ3) is 5.31. The molecule has 0 spiro atoms. The van der Waals surface area contributed by atoms with Crippen LogP contribution in [0.1, 0.15) is 20.8 Å². The Morgan fingerprint density at radius 3 is 2.22 bits per heavy atom. The van der Waals surface area contributed by atoms with Crippen LogP contribution in [-0.4, -0.2) is 6.54 Å².